The quantitative estimate of drug-likeness (QED) is 0.898. The smallest absolute Gasteiger partial charge is 0.0598 e. The molecule has 2 nitrogen and oxygen atoms in total. The molecule has 0 radical (unpaired) electrons. The molecule has 96 valence electrons. The first kappa shape index (κ1) is 14.7. The van der Waals surface area contributed by atoms with Gasteiger partial charge in [-0.2, -0.15) is 0 Å². The predicted octanol–water partition coefficient (Wildman–Crippen LogP) is 3.73. The molecular weight excluding hydrogens is 280 g/mol. The fraction of sp³-hybridized carbons (Fsp3) is 0.571. The summed E-state index contributed by atoms with van der Waals surface area (Å²) in [6, 6.07) is 8.09. The van der Waals surface area contributed by atoms with Gasteiger partial charge in [-0.1, -0.05) is 28.1 Å². The molecule has 1 N–H and O–H groups in total. The van der Waals surface area contributed by atoms with Crippen molar-refractivity contribution < 1.29 is 9.84 Å². The minimum atomic E-state index is -0.111. The minimum Gasteiger partial charge on any atom is -0.396 e. The molecule has 17 heavy (non-hydrogen) atoms. The Morgan fingerprint density at radius 2 is 1.82 bits per heavy atom. The van der Waals surface area contributed by atoms with Crippen LogP contribution in [0.25, 0.3) is 0 Å². The van der Waals surface area contributed by atoms with Crippen LogP contribution in [0.1, 0.15) is 38.7 Å². The van der Waals surface area contributed by atoms with Crippen LogP contribution in [0.5, 0.6) is 0 Å². The summed E-state index contributed by atoms with van der Waals surface area (Å²) in [5.74, 6) is 0.158. The lowest BCUT2D eigenvalue weighted by atomic mass is 9.97. The zero-order valence-corrected chi connectivity index (χ0v) is 12.3. The van der Waals surface area contributed by atoms with Crippen molar-refractivity contribution in [3.05, 3.63) is 34.3 Å². The summed E-state index contributed by atoms with van der Waals surface area (Å²) in [5, 5.41) is 9.41. The first-order chi connectivity index (χ1) is 7.92. The molecule has 1 aromatic carbocycles. The lowest BCUT2D eigenvalue weighted by molar-refractivity contribution is -0.00804. The monoisotopic (exact) mass is 300 g/mol. The number of ether oxygens (including phenoxy) is 1. The summed E-state index contributed by atoms with van der Waals surface area (Å²) in [6.07, 6.45) is 0.843. The number of rotatable bonds is 5. The van der Waals surface area contributed by atoms with E-state index in [2.05, 4.69) is 15.9 Å². The van der Waals surface area contributed by atoms with Gasteiger partial charge in [-0.3, -0.25) is 0 Å². The molecule has 0 saturated heterocycles. The molecular formula is C14H21BrO2. The zero-order chi connectivity index (χ0) is 12.9. The normalized spacial score (nSPS) is 13.7. The standard InChI is InChI=1S/C14H21BrO2/c1-14(2,3)17-9-8-12(10-16)11-4-6-13(15)7-5-11/h4-7,12,16H,8-10H2,1-3H3. The number of halogens is 1. The van der Waals surface area contributed by atoms with Crippen LogP contribution >= 0.6 is 15.9 Å². The van der Waals surface area contributed by atoms with Crippen molar-refractivity contribution in [2.75, 3.05) is 13.2 Å². The average molecular weight is 301 g/mol. The van der Waals surface area contributed by atoms with Gasteiger partial charge in [0.05, 0.1) is 12.2 Å². The van der Waals surface area contributed by atoms with E-state index in [9.17, 15) is 5.11 Å². The Morgan fingerprint density at radius 3 is 2.29 bits per heavy atom. The Kier molecular flexibility index (Phi) is 5.63. The van der Waals surface area contributed by atoms with Gasteiger partial charge in [0, 0.05) is 17.0 Å². The van der Waals surface area contributed by atoms with E-state index in [4.69, 9.17) is 4.74 Å². The molecule has 0 aromatic heterocycles. The molecule has 0 fully saturated rings. The van der Waals surface area contributed by atoms with Gasteiger partial charge < -0.3 is 9.84 Å². The first-order valence-corrected chi connectivity index (χ1v) is 6.72. The Hall–Kier alpha value is -0.380. The van der Waals surface area contributed by atoms with Crippen LogP contribution in [0.15, 0.2) is 28.7 Å². The predicted molar refractivity (Wildman–Crippen MR) is 74.3 cm³/mol. The summed E-state index contributed by atoms with van der Waals surface area (Å²) < 4.78 is 6.75. The van der Waals surface area contributed by atoms with Gasteiger partial charge in [0.15, 0.2) is 0 Å². The van der Waals surface area contributed by atoms with E-state index in [1.54, 1.807) is 0 Å². The van der Waals surface area contributed by atoms with E-state index in [-0.39, 0.29) is 18.1 Å². The molecule has 0 amide bonds. The summed E-state index contributed by atoms with van der Waals surface area (Å²) in [5.41, 5.74) is 1.05. The number of hydrogen-bond donors (Lipinski definition) is 1. The fourth-order valence-electron chi connectivity index (χ4n) is 1.61. The molecule has 0 saturated carbocycles. The average Bonchev–Trinajstić information content (AvgIpc) is 2.24. The van der Waals surface area contributed by atoms with Crippen LogP contribution in [-0.4, -0.2) is 23.9 Å². The topological polar surface area (TPSA) is 29.5 Å². The zero-order valence-electron chi connectivity index (χ0n) is 10.7. The summed E-state index contributed by atoms with van der Waals surface area (Å²) >= 11 is 3.41. The number of aliphatic hydroxyl groups excluding tert-OH is 1. The maximum Gasteiger partial charge on any atom is 0.0598 e. The SMILES string of the molecule is CC(C)(C)OCCC(CO)c1ccc(Br)cc1. The van der Waals surface area contributed by atoms with Crippen molar-refractivity contribution in [2.45, 2.75) is 38.7 Å². The molecule has 0 spiro atoms. The highest BCUT2D eigenvalue weighted by molar-refractivity contribution is 9.10. The van der Waals surface area contributed by atoms with E-state index < -0.39 is 0 Å². The second-order valence-electron chi connectivity index (χ2n) is 5.18. The molecule has 1 rings (SSSR count). The maximum atomic E-state index is 9.41. The second-order valence-corrected chi connectivity index (χ2v) is 6.10. The summed E-state index contributed by atoms with van der Waals surface area (Å²) in [4.78, 5) is 0. The van der Waals surface area contributed by atoms with E-state index in [1.807, 2.05) is 45.0 Å². The maximum absolute atomic E-state index is 9.41. The van der Waals surface area contributed by atoms with Gasteiger partial charge in [0.25, 0.3) is 0 Å². The first-order valence-electron chi connectivity index (χ1n) is 5.92. The van der Waals surface area contributed by atoms with Gasteiger partial charge in [-0.05, 0) is 44.9 Å². The fourth-order valence-corrected chi connectivity index (χ4v) is 1.87. The van der Waals surface area contributed by atoms with E-state index in [0.29, 0.717) is 6.61 Å². The van der Waals surface area contributed by atoms with Crippen molar-refractivity contribution in [1.29, 1.82) is 0 Å². The number of benzene rings is 1. The van der Waals surface area contributed by atoms with Crippen molar-refractivity contribution >= 4 is 15.9 Å². The molecule has 0 aliphatic carbocycles. The Labute approximate surface area is 112 Å². The van der Waals surface area contributed by atoms with Crippen molar-refractivity contribution in [1.82, 2.24) is 0 Å². The Balaban J connectivity index is 2.51. The van der Waals surface area contributed by atoms with Crippen LogP contribution in [-0.2, 0) is 4.74 Å². The lowest BCUT2D eigenvalue weighted by Crippen LogP contribution is -2.21. The minimum absolute atomic E-state index is 0.111. The molecule has 1 atom stereocenters. The van der Waals surface area contributed by atoms with Crippen LogP contribution in [0.2, 0.25) is 0 Å². The lowest BCUT2D eigenvalue weighted by Gasteiger charge is -2.22. The van der Waals surface area contributed by atoms with Crippen molar-refractivity contribution in [3.63, 3.8) is 0 Å². The largest absolute Gasteiger partial charge is 0.396 e. The van der Waals surface area contributed by atoms with Gasteiger partial charge in [-0.25, -0.2) is 0 Å². The van der Waals surface area contributed by atoms with Crippen LogP contribution < -0.4 is 0 Å². The molecule has 0 bridgehead atoms. The molecule has 1 aromatic rings. The Morgan fingerprint density at radius 1 is 1.24 bits per heavy atom. The van der Waals surface area contributed by atoms with Gasteiger partial charge in [0.2, 0.25) is 0 Å². The highest BCUT2D eigenvalue weighted by Crippen LogP contribution is 2.22. The summed E-state index contributed by atoms with van der Waals surface area (Å²) in [7, 11) is 0. The van der Waals surface area contributed by atoms with Gasteiger partial charge in [-0.15, -0.1) is 0 Å². The van der Waals surface area contributed by atoms with Crippen LogP contribution in [0, 0.1) is 0 Å². The number of aliphatic hydroxyl groups is 1. The molecule has 0 aliphatic heterocycles. The number of hydrogen-bond acceptors (Lipinski definition) is 2. The Bertz CT molecular complexity index is 327. The highest BCUT2D eigenvalue weighted by Gasteiger charge is 2.14. The van der Waals surface area contributed by atoms with E-state index >= 15 is 0 Å². The summed E-state index contributed by atoms with van der Waals surface area (Å²) in [6.45, 7) is 6.96. The molecule has 3 heteroatoms. The van der Waals surface area contributed by atoms with E-state index in [1.165, 1.54) is 0 Å². The molecule has 0 aliphatic rings. The van der Waals surface area contributed by atoms with Crippen LogP contribution in [0.3, 0.4) is 0 Å². The van der Waals surface area contributed by atoms with Gasteiger partial charge in [0.1, 0.15) is 0 Å². The third-order valence-electron chi connectivity index (χ3n) is 2.56. The van der Waals surface area contributed by atoms with Crippen molar-refractivity contribution in [2.24, 2.45) is 0 Å². The highest BCUT2D eigenvalue weighted by atomic mass is 79.9. The van der Waals surface area contributed by atoms with Crippen molar-refractivity contribution in [3.8, 4) is 0 Å². The molecule has 1 unspecified atom stereocenters. The van der Waals surface area contributed by atoms with Gasteiger partial charge >= 0.3 is 0 Å². The third kappa shape index (κ3) is 5.66. The second kappa shape index (κ2) is 6.53. The van der Waals surface area contributed by atoms with E-state index in [0.717, 1.165) is 16.5 Å². The van der Waals surface area contributed by atoms with Crippen LogP contribution in [0.4, 0.5) is 0 Å². The molecule has 0 heterocycles. The third-order valence-corrected chi connectivity index (χ3v) is 3.09.